The molecule has 3 aliphatic rings. The number of para-hydroxylation sites is 1. The lowest BCUT2D eigenvalue weighted by atomic mass is 9.88. The first-order valence-corrected chi connectivity index (χ1v) is 16.7. The van der Waals surface area contributed by atoms with Crippen molar-refractivity contribution >= 4 is 34.8 Å². The Morgan fingerprint density at radius 1 is 0.885 bits per heavy atom. The van der Waals surface area contributed by atoms with Gasteiger partial charge in [0.15, 0.2) is 30.9 Å². The van der Waals surface area contributed by atoms with Crippen molar-refractivity contribution in [3.63, 3.8) is 0 Å². The monoisotopic (exact) mass is 724 g/mol. The zero-order valence-electron chi connectivity index (χ0n) is 29.7. The number of carbonyl (C=O) groups excluding carboxylic acids is 4. The van der Waals surface area contributed by atoms with Crippen LogP contribution in [0.25, 0.3) is 22.3 Å². The first-order valence-electron chi connectivity index (χ1n) is 16.7. The van der Waals surface area contributed by atoms with Crippen LogP contribution in [-0.2, 0) is 63.6 Å². The number of pyridine rings is 2. The maximum absolute atomic E-state index is 14.3. The highest BCUT2D eigenvalue weighted by Gasteiger charge is 2.54. The van der Waals surface area contributed by atoms with E-state index in [1.807, 2.05) is 37.3 Å². The number of ether oxygens (including phenoxy) is 9. The SMILES string of the molecule is CCC1c2cc3n(c(=O)c2C(OC)OC1O[C@H]1O[C@@H](COC(C)=O)[C@H](OC(C)=O)[C@@H](OC(C)=O)[C@@H]1OC(C)=O)Cc1c-3nc2ccccc2c1OC. The number of hydrogen-bond donors (Lipinski definition) is 0. The van der Waals surface area contributed by atoms with Crippen LogP contribution in [-0.4, -0.2) is 91.3 Å². The number of methoxy groups -OCH3 is 2. The van der Waals surface area contributed by atoms with Gasteiger partial charge in [0, 0.05) is 51.7 Å². The molecule has 0 bridgehead atoms. The molecule has 2 aromatic heterocycles. The minimum Gasteiger partial charge on any atom is -0.496 e. The molecule has 3 aliphatic heterocycles. The molecule has 0 aliphatic carbocycles. The normalized spacial score (nSPS) is 26.1. The van der Waals surface area contributed by atoms with Gasteiger partial charge >= 0.3 is 23.9 Å². The van der Waals surface area contributed by atoms with E-state index >= 15 is 0 Å². The Labute approximate surface area is 298 Å². The maximum Gasteiger partial charge on any atom is 0.303 e. The van der Waals surface area contributed by atoms with Crippen LogP contribution in [0.2, 0.25) is 0 Å². The van der Waals surface area contributed by atoms with E-state index in [2.05, 4.69) is 0 Å². The van der Waals surface area contributed by atoms with Gasteiger partial charge in [0.2, 0.25) is 6.29 Å². The number of esters is 4. The van der Waals surface area contributed by atoms with Crippen LogP contribution < -0.4 is 10.3 Å². The first-order chi connectivity index (χ1) is 24.9. The van der Waals surface area contributed by atoms with Gasteiger partial charge in [-0.1, -0.05) is 19.1 Å². The standard InChI is InChI=1S/C36H40N2O14/c1-8-20-22-13-25-28-23(29(44-6)21-11-9-10-12-24(21)37-28)14-38(25)33(43)27(22)35(45-7)51-34(20)52-36-32(49-19(5)42)31(48-18(4)41)30(47-17(3)40)26(50-36)15-46-16(2)39/h9-13,20,26,30-32,34-36H,8,14-15H2,1-7H3/t20?,26-,30-,31+,32-,34?,35?,36+/m0/s1. The average Bonchev–Trinajstić information content (AvgIpc) is 3.46. The van der Waals surface area contributed by atoms with Gasteiger partial charge in [0.1, 0.15) is 18.5 Å². The molecule has 8 atom stereocenters. The summed E-state index contributed by atoms with van der Waals surface area (Å²) in [5.41, 5.74) is 3.14. The van der Waals surface area contributed by atoms with E-state index in [0.717, 1.165) is 31.7 Å². The van der Waals surface area contributed by atoms with Crippen molar-refractivity contribution in [3.8, 4) is 17.1 Å². The number of rotatable bonds is 10. The Balaban J connectivity index is 1.42. The Morgan fingerprint density at radius 3 is 2.19 bits per heavy atom. The van der Waals surface area contributed by atoms with Crippen molar-refractivity contribution in [2.24, 2.45) is 0 Å². The third-order valence-electron chi connectivity index (χ3n) is 9.17. The van der Waals surface area contributed by atoms with Crippen LogP contribution in [0.5, 0.6) is 5.75 Å². The van der Waals surface area contributed by atoms with Gasteiger partial charge in [-0.25, -0.2) is 4.98 Å². The zero-order valence-corrected chi connectivity index (χ0v) is 29.7. The van der Waals surface area contributed by atoms with Gasteiger partial charge in [0.05, 0.1) is 36.1 Å². The summed E-state index contributed by atoms with van der Waals surface area (Å²) in [6.07, 6.45) is -9.04. The van der Waals surface area contributed by atoms with Crippen molar-refractivity contribution in [3.05, 3.63) is 57.4 Å². The molecule has 5 heterocycles. The Bertz CT molecular complexity index is 1960. The Morgan fingerprint density at radius 2 is 1.56 bits per heavy atom. The van der Waals surface area contributed by atoms with E-state index in [1.165, 1.54) is 14.0 Å². The summed E-state index contributed by atoms with van der Waals surface area (Å²) < 4.78 is 53.9. The lowest BCUT2D eigenvalue weighted by Gasteiger charge is -2.46. The van der Waals surface area contributed by atoms with Gasteiger partial charge in [0.25, 0.3) is 5.56 Å². The summed E-state index contributed by atoms with van der Waals surface area (Å²) in [5.74, 6) is -2.98. The summed E-state index contributed by atoms with van der Waals surface area (Å²) in [4.78, 5) is 67.9. The van der Waals surface area contributed by atoms with Crippen LogP contribution in [0.1, 0.15) is 69.9 Å². The van der Waals surface area contributed by atoms with Gasteiger partial charge < -0.3 is 47.2 Å². The van der Waals surface area contributed by atoms with E-state index in [9.17, 15) is 24.0 Å². The van der Waals surface area contributed by atoms with Gasteiger partial charge in [-0.05, 0) is 30.2 Å². The molecule has 3 unspecified atom stereocenters. The molecule has 1 aromatic carbocycles. The van der Waals surface area contributed by atoms with Crippen molar-refractivity contribution in [2.45, 2.75) is 96.8 Å². The summed E-state index contributed by atoms with van der Waals surface area (Å²) >= 11 is 0. The molecule has 0 spiro atoms. The topological polar surface area (TPSA) is 186 Å². The maximum atomic E-state index is 14.3. The van der Waals surface area contributed by atoms with E-state index < -0.39 is 79.7 Å². The van der Waals surface area contributed by atoms with Crippen molar-refractivity contribution in [1.82, 2.24) is 9.55 Å². The molecular formula is C36H40N2O14. The molecule has 16 heteroatoms. The molecule has 278 valence electrons. The minimum absolute atomic E-state index is 0.218. The van der Waals surface area contributed by atoms with Crippen molar-refractivity contribution in [2.75, 3.05) is 20.8 Å². The summed E-state index contributed by atoms with van der Waals surface area (Å²) in [5, 5.41) is 0.817. The van der Waals surface area contributed by atoms with Crippen LogP contribution in [0.3, 0.4) is 0 Å². The molecule has 6 rings (SSSR count). The smallest absolute Gasteiger partial charge is 0.303 e. The van der Waals surface area contributed by atoms with Crippen LogP contribution >= 0.6 is 0 Å². The highest BCUT2D eigenvalue weighted by Crippen LogP contribution is 2.45. The lowest BCUT2D eigenvalue weighted by molar-refractivity contribution is -0.361. The van der Waals surface area contributed by atoms with Crippen LogP contribution in [0.15, 0.2) is 35.1 Å². The second kappa shape index (κ2) is 15.0. The van der Waals surface area contributed by atoms with E-state index in [-0.39, 0.29) is 17.7 Å². The highest BCUT2D eigenvalue weighted by molar-refractivity contribution is 5.91. The number of nitrogens with zero attached hydrogens (tertiary/aromatic N) is 2. The fourth-order valence-corrected chi connectivity index (χ4v) is 7.12. The predicted molar refractivity (Wildman–Crippen MR) is 178 cm³/mol. The van der Waals surface area contributed by atoms with E-state index in [1.54, 1.807) is 11.7 Å². The highest BCUT2D eigenvalue weighted by atomic mass is 16.8. The van der Waals surface area contributed by atoms with Crippen molar-refractivity contribution < 1.29 is 61.8 Å². The lowest BCUT2D eigenvalue weighted by Crippen LogP contribution is -2.63. The molecule has 0 saturated carbocycles. The first kappa shape index (κ1) is 36.9. The molecule has 0 radical (unpaired) electrons. The summed E-state index contributed by atoms with van der Waals surface area (Å²) in [6, 6.07) is 9.42. The zero-order chi connectivity index (χ0) is 37.4. The largest absolute Gasteiger partial charge is 0.496 e. The Kier molecular flexibility index (Phi) is 10.6. The van der Waals surface area contributed by atoms with Gasteiger partial charge in [-0.3, -0.25) is 24.0 Å². The van der Waals surface area contributed by atoms with Crippen molar-refractivity contribution in [1.29, 1.82) is 0 Å². The molecule has 3 aromatic rings. The number of hydrogen-bond acceptors (Lipinski definition) is 15. The third kappa shape index (κ3) is 6.86. The number of fused-ring (bicyclic) bond motifs is 5. The number of carbonyl (C=O) groups is 4. The minimum atomic E-state index is -1.52. The predicted octanol–water partition coefficient (Wildman–Crippen LogP) is 3.03. The number of benzene rings is 1. The summed E-state index contributed by atoms with van der Waals surface area (Å²) in [6.45, 7) is 6.23. The molecule has 16 nitrogen and oxygen atoms in total. The molecule has 1 fully saturated rings. The van der Waals surface area contributed by atoms with Gasteiger partial charge in [-0.2, -0.15) is 0 Å². The average molecular weight is 725 g/mol. The Hall–Kier alpha value is -4.90. The molecule has 0 amide bonds. The molecule has 0 N–H and O–H groups in total. The number of aromatic nitrogens is 2. The molecule has 1 saturated heterocycles. The van der Waals surface area contributed by atoms with E-state index in [0.29, 0.717) is 34.6 Å². The fraction of sp³-hybridized carbons (Fsp3) is 0.500. The quantitative estimate of drug-likeness (QED) is 0.171. The molecular weight excluding hydrogens is 684 g/mol. The summed E-state index contributed by atoms with van der Waals surface area (Å²) in [7, 11) is 2.96. The fourth-order valence-electron chi connectivity index (χ4n) is 7.12. The second-order valence-electron chi connectivity index (χ2n) is 12.6. The van der Waals surface area contributed by atoms with E-state index in [4.69, 9.17) is 47.6 Å². The third-order valence-corrected chi connectivity index (χ3v) is 9.17. The van der Waals surface area contributed by atoms with Crippen LogP contribution in [0, 0.1) is 0 Å². The molecule has 52 heavy (non-hydrogen) atoms. The second-order valence-corrected chi connectivity index (χ2v) is 12.6. The van der Waals surface area contributed by atoms with Crippen LogP contribution in [0.4, 0.5) is 0 Å². The van der Waals surface area contributed by atoms with Gasteiger partial charge in [-0.15, -0.1) is 0 Å².